The third-order valence-electron chi connectivity index (χ3n) is 5.25. The summed E-state index contributed by atoms with van der Waals surface area (Å²) < 4.78 is 32.2. The zero-order chi connectivity index (χ0) is 31.4. The molecule has 0 saturated carbocycles. The molecule has 1 fully saturated rings. The largest absolute Gasteiger partial charge is 0.481 e. The summed E-state index contributed by atoms with van der Waals surface area (Å²) >= 11 is 4.98. The Morgan fingerprint density at radius 3 is 2.50 bits per heavy atom. The number of hydrogen-bond acceptors (Lipinski definition) is 15. The second kappa shape index (κ2) is 13.8. The molecule has 4 rings (SSSR count). The lowest BCUT2D eigenvalue weighted by Crippen LogP contribution is -2.71. The summed E-state index contributed by atoms with van der Waals surface area (Å²) in [5.41, 5.74) is 6.70. The zero-order valence-electron chi connectivity index (χ0n) is 21.4. The van der Waals surface area contributed by atoms with E-state index in [4.69, 9.17) is 33.2 Å². The van der Waals surface area contributed by atoms with Crippen LogP contribution in [0.2, 0.25) is 0 Å². The monoisotopic (exact) mass is 682 g/mol. The van der Waals surface area contributed by atoms with Crippen LogP contribution in [0.1, 0.15) is 16.3 Å². The third kappa shape index (κ3) is 8.39. The molecule has 2 amide bonds. The minimum atomic E-state index is -4.67. The molecule has 7 N–H and O–H groups in total. The van der Waals surface area contributed by atoms with E-state index in [2.05, 4.69) is 20.4 Å². The second-order valence-corrected chi connectivity index (χ2v) is 13.3. The molecular weight excluding hydrogens is 661 g/mol. The van der Waals surface area contributed by atoms with E-state index in [0.717, 1.165) is 11.3 Å². The van der Waals surface area contributed by atoms with Gasteiger partial charge in [-0.1, -0.05) is 16.9 Å². The number of nitrogens with one attached hydrogen (secondary N) is 1. The molecule has 0 spiro atoms. The fraction of sp³-hybridized carbons (Fsp3) is 0.350. The molecule has 17 nitrogen and oxygen atoms in total. The summed E-state index contributed by atoms with van der Waals surface area (Å²) in [6.07, 6.45) is -0.132. The van der Waals surface area contributed by atoms with Crippen LogP contribution in [-0.4, -0.2) is 102 Å². The number of nitrogen functional groups attached to an aromatic ring is 1. The first-order valence-electron chi connectivity index (χ1n) is 11.1. The van der Waals surface area contributed by atoms with Crippen LogP contribution >= 0.6 is 46.2 Å². The third-order valence-corrected chi connectivity index (χ3v) is 9.65. The Hall–Kier alpha value is -3.28. The molecule has 228 valence electrons. The van der Waals surface area contributed by atoms with Crippen molar-refractivity contribution in [2.75, 3.05) is 24.3 Å². The molecule has 0 radical (unpaired) electrons. The number of rotatable bonds is 10. The highest BCUT2D eigenvalue weighted by atomic mass is 32.3. The maximum absolute atomic E-state index is 13.0. The van der Waals surface area contributed by atoms with Crippen LogP contribution in [0.4, 0.5) is 5.13 Å². The first-order valence-corrected chi connectivity index (χ1v) is 16.3. The predicted octanol–water partition coefficient (Wildman–Crippen LogP) is 0.346. The van der Waals surface area contributed by atoms with Gasteiger partial charge in [0.05, 0.1) is 12.1 Å². The van der Waals surface area contributed by atoms with E-state index in [9.17, 15) is 24.3 Å². The van der Waals surface area contributed by atoms with Gasteiger partial charge in [-0.2, -0.15) is 8.42 Å². The van der Waals surface area contributed by atoms with Crippen LogP contribution in [0.3, 0.4) is 0 Å². The average molecular weight is 683 g/mol. The summed E-state index contributed by atoms with van der Waals surface area (Å²) in [7, 11) is -3.40. The number of fused-ring (bicyclic) bond motifs is 1. The molecule has 0 unspecified atom stereocenters. The molecule has 4 heterocycles. The van der Waals surface area contributed by atoms with Crippen molar-refractivity contribution in [3.8, 4) is 0 Å². The Kier molecular flexibility index (Phi) is 10.9. The molecule has 22 heteroatoms. The van der Waals surface area contributed by atoms with Crippen molar-refractivity contribution >= 4 is 91.2 Å². The summed E-state index contributed by atoms with van der Waals surface area (Å²) in [6, 6.07) is -0.959. The van der Waals surface area contributed by atoms with Crippen LogP contribution in [0.15, 0.2) is 26.1 Å². The van der Waals surface area contributed by atoms with Crippen LogP contribution < -0.4 is 11.1 Å². The van der Waals surface area contributed by atoms with Gasteiger partial charge in [-0.25, -0.2) is 14.8 Å². The quantitative estimate of drug-likeness (QED) is 0.0648. The molecule has 2 aromatic rings. The topological polar surface area (TPSA) is 272 Å². The van der Waals surface area contributed by atoms with Gasteiger partial charge in [-0.05, 0) is 12.5 Å². The van der Waals surface area contributed by atoms with Crippen molar-refractivity contribution in [3.63, 3.8) is 0 Å². The standard InChI is InChI=1S/C20H20N6O7S4.H2O4S/c1-7-10(3-11(27)28)37-20(22-7)36-5-8-4-34-17-13(16(30)26(17)14(8)18(31)32)24-15(29)12(25-33-2)9-6-35-19(21)23-9;1-5(2,3)4/h6,13,17H,3-5H2,1-2H3,(H2,21,23)(H,24,29)(H,27,28)(H,31,32);(H2,1,2,3,4)/b25-12-;/t13-,17-;/m1./s1. The van der Waals surface area contributed by atoms with Crippen LogP contribution in [-0.2, 0) is 40.8 Å². The minimum absolute atomic E-state index is 0.121. The first kappa shape index (κ1) is 33.2. The number of β-lactam (4-membered cyclic amide) rings is 1. The number of thiazole rings is 2. The number of nitrogens with zero attached hydrogens (tertiary/aromatic N) is 4. The fourth-order valence-corrected chi connectivity index (χ4v) is 7.87. The van der Waals surface area contributed by atoms with Crippen LogP contribution in [0, 0.1) is 6.92 Å². The second-order valence-electron chi connectivity index (χ2n) is 8.11. The Morgan fingerprint density at radius 2 is 1.95 bits per heavy atom. The number of oxime groups is 1. The van der Waals surface area contributed by atoms with E-state index >= 15 is 0 Å². The summed E-state index contributed by atoms with van der Waals surface area (Å²) in [5.74, 6) is -2.89. The van der Waals surface area contributed by atoms with Crippen LogP contribution in [0.25, 0.3) is 0 Å². The van der Waals surface area contributed by atoms with Crippen molar-refractivity contribution in [3.05, 3.63) is 32.9 Å². The van der Waals surface area contributed by atoms with Crippen molar-refractivity contribution < 1.29 is 51.8 Å². The van der Waals surface area contributed by atoms with Gasteiger partial charge in [0, 0.05) is 21.8 Å². The number of aromatic nitrogens is 2. The highest BCUT2D eigenvalue weighted by Crippen LogP contribution is 2.42. The molecule has 0 bridgehead atoms. The van der Waals surface area contributed by atoms with Gasteiger partial charge in [0.15, 0.2) is 15.2 Å². The van der Waals surface area contributed by atoms with Gasteiger partial charge in [0.2, 0.25) is 0 Å². The Balaban J connectivity index is 0.000000892. The number of aryl methyl sites for hydroxylation is 1. The van der Waals surface area contributed by atoms with Crippen molar-refractivity contribution in [1.29, 1.82) is 0 Å². The molecule has 42 heavy (non-hydrogen) atoms. The van der Waals surface area contributed by atoms with E-state index < -0.39 is 45.6 Å². The van der Waals surface area contributed by atoms with Gasteiger partial charge in [0.1, 0.15) is 29.9 Å². The number of aliphatic carboxylic acids is 2. The van der Waals surface area contributed by atoms with Gasteiger partial charge in [-0.3, -0.25) is 28.4 Å². The number of carboxylic acid groups (broad SMARTS) is 2. The summed E-state index contributed by atoms with van der Waals surface area (Å²) in [4.78, 5) is 63.9. The molecule has 0 aliphatic carbocycles. The zero-order valence-corrected chi connectivity index (χ0v) is 25.5. The molecule has 2 aliphatic heterocycles. The van der Waals surface area contributed by atoms with Gasteiger partial charge < -0.3 is 26.1 Å². The lowest BCUT2D eigenvalue weighted by Gasteiger charge is -2.49. The lowest BCUT2D eigenvalue weighted by molar-refractivity contribution is -0.150. The number of nitrogens with two attached hydrogens (primary N) is 1. The Bertz CT molecular complexity index is 1560. The SMILES string of the molecule is CO/N=C(\C(=O)N[C@@H]1C(=O)N2C(C(=O)O)=C(CSc3nc(C)c(CC(=O)O)s3)CS[C@H]12)c1csc(N)n1.O=S(=O)(O)O. The van der Waals surface area contributed by atoms with E-state index in [-0.39, 0.29) is 34.4 Å². The number of carbonyl (C=O) groups is 4. The van der Waals surface area contributed by atoms with Crippen LogP contribution in [0.5, 0.6) is 0 Å². The number of thioether (sulfide) groups is 2. The first-order chi connectivity index (χ1) is 19.6. The molecule has 0 aromatic carbocycles. The Labute approximate surface area is 253 Å². The van der Waals surface area contributed by atoms with E-state index in [0.29, 0.717) is 26.2 Å². The summed E-state index contributed by atoms with van der Waals surface area (Å²) in [5, 5.41) is 26.3. The van der Waals surface area contributed by atoms with E-state index in [1.165, 1.54) is 52.3 Å². The van der Waals surface area contributed by atoms with E-state index in [1.807, 2.05) is 0 Å². The molecule has 1 saturated heterocycles. The van der Waals surface area contributed by atoms with Crippen molar-refractivity contribution in [2.24, 2.45) is 5.16 Å². The van der Waals surface area contributed by atoms with Gasteiger partial charge >= 0.3 is 22.3 Å². The minimum Gasteiger partial charge on any atom is -0.481 e. The predicted molar refractivity (Wildman–Crippen MR) is 153 cm³/mol. The highest BCUT2D eigenvalue weighted by Gasteiger charge is 2.54. The van der Waals surface area contributed by atoms with Crippen molar-refractivity contribution in [2.45, 2.75) is 29.1 Å². The van der Waals surface area contributed by atoms with Gasteiger partial charge in [-0.15, -0.1) is 34.4 Å². The number of carbonyl (C=O) groups excluding carboxylic acids is 2. The summed E-state index contributed by atoms with van der Waals surface area (Å²) in [6.45, 7) is 1.72. The van der Waals surface area contributed by atoms with Gasteiger partial charge in [0.25, 0.3) is 11.8 Å². The average Bonchev–Trinajstić information content (AvgIpc) is 3.46. The number of carboxylic acids is 2. The fourth-order valence-electron chi connectivity index (χ4n) is 3.61. The number of hydrogen-bond donors (Lipinski definition) is 6. The molecular formula is C20H22N6O11S5. The maximum atomic E-state index is 13.0. The number of amides is 2. The smallest absolute Gasteiger partial charge is 0.394 e. The molecule has 2 atom stereocenters. The van der Waals surface area contributed by atoms with Crippen molar-refractivity contribution in [1.82, 2.24) is 20.2 Å². The Morgan fingerprint density at radius 1 is 1.29 bits per heavy atom. The highest BCUT2D eigenvalue weighted by molar-refractivity contribution is 8.01. The molecule has 2 aromatic heterocycles. The lowest BCUT2D eigenvalue weighted by atomic mass is 10.0. The maximum Gasteiger partial charge on any atom is 0.394 e. The normalized spacial score (nSPS) is 18.4. The van der Waals surface area contributed by atoms with E-state index in [1.54, 1.807) is 6.92 Å². The molecule has 2 aliphatic rings. The number of anilines is 1.